The Bertz CT molecular complexity index is 694. The smallest absolute Gasteiger partial charge is 0.262 e. The number of hydrogen-bond acceptors (Lipinski definition) is 3. The number of carbonyl (C=O) groups excluding carboxylic acids is 1. The SMILES string of the molecule is CCc1ccc([C@@H](C)NC(=O)/C(C#N)=C/c2ccsc2)cc1. The summed E-state index contributed by atoms with van der Waals surface area (Å²) in [7, 11) is 0. The summed E-state index contributed by atoms with van der Waals surface area (Å²) >= 11 is 1.53. The molecular formula is C18H18N2OS. The second-order valence-corrected chi connectivity index (χ2v) is 5.80. The first-order chi connectivity index (χ1) is 10.6. The summed E-state index contributed by atoms with van der Waals surface area (Å²) in [6.07, 6.45) is 2.60. The number of nitrogens with one attached hydrogen (secondary N) is 1. The molecule has 0 radical (unpaired) electrons. The molecular weight excluding hydrogens is 292 g/mol. The highest BCUT2D eigenvalue weighted by Gasteiger charge is 2.13. The minimum atomic E-state index is -0.347. The third-order valence-electron chi connectivity index (χ3n) is 3.45. The second kappa shape index (κ2) is 7.58. The van der Waals surface area contributed by atoms with Crippen LogP contribution >= 0.6 is 11.3 Å². The third-order valence-corrected chi connectivity index (χ3v) is 4.16. The first kappa shape index (κ1) is 16.0. The van der Waals surface area contributed by atoms with Gasteiger partial charge in [-0.1, -0.05) is 31.2 Å². The van der Waals surface area contributed by atoms with Crippen LogP contribution in [0.5, 0.6) is 0 Å². The number of amides is 1. The van der Waals surface area contributed by atoms with Gasteiger partial charge in [-0.15, -0.1) is 0 Å². The van der Waals surface area contributed by atoms with E-state index in [2.05, 4.69) is 24.4 Å². The lowest BCUT2D eigenvalue weighted by Gasteiger charge is -2.14. The molecule has 22 heavy (non-hydrogen) atoms. The molecule has 2 aromatic rings. The molecule has 1 aromatic carbocycles. The molecule has 0 unspecified atom stereocenters. The quantitative estimate of drug-likeness (QED) is 0.668. The number of benzene rings is 1. The minimum absolute atomic E-state index is 0.121. The zero-order chi connectivity index (χ0) is 15.9. The molecule has 0 aliphatic carbocycles. The van der Waals surface area contributed by atoms with Gasteiger partial charge in [-0.2, -0.15) is 16.6 Å². The molecule has 0 saturated heterocycles. The van der Waals surface area contributed by atoms with Gasteiger partial charge in [0.2, 0.25) is 0 Å². The summed E-state index contributed by atoms with van der Waals surface area (Å²) in [4.78, 5) is 12.2. The van der Waals surface area contributed by atoms with E-state index in [1.165, 1.54) is 16.9 Å². The van der Waals surface area contributed by atoms with Gasteiger partial charge in [0, 0.05) is 0 Å². The molecule has 0 bridgehead atoms. The summed E-state index contributed by atoms with van der Waals surface area (Å²) in [5, 5.41) is 15.9. The molecule has 0 fully saturated rings. The monoisotopic (exact) mass is 310 g/mol. The molecule has 1 atom stereocenters. The summed E-state index contributed by atoms with van der Waals surface area (Å²) in [6.45, 7) is 4.02. The van der Waals surface area contributed by atoms with Crippen LogP contribution in [0.4, 0.5) is 0 Å². The molecule has 1 N–H and O–H groups in total. The van der Waals surface area contributed by atoms with Crippen molar-refractivity contribution in [1.29, 1.82) is 5.26 Å². The van der Waals surface area contributed by atoms with Crippen LogP contribution in [0.2, 0.25) is 0 Å². The average molecular weight is 310 g/mol. The van der Waals surface area contributed by atoms with Crippen LogP contribution in [0.15, 0.2) is 46.7 Å². The van der Waals surface area contributed by atoms with E-state index in [4.69, 9.17) is 0 Å². The van der Waals surface area contributed by atoms with Crippen LogP contribution in [-0.4, -0.2) is 5.91 Å². The predicted molar refractivity (Wildman–Crippen MR) is 90.3 cm³/mol. The van der Waals surface area contributed by atoms with Crippen molar-refractivity contribution in [1.82, 2.24) is 5.32 Å². The van der Waals surface area contributed by atoms with Crippen LogP contribution in [0.25, 0.3) is 6.08 Å². The van der Waals surface area contributed by atoms with Gasteiger partial charge in [0.25, 0.3) is 5.91 Å². The van der Waals surface area contributed by atoms with Crippen LogP contribution in [0.1, 0.15) is 36.6 Å². The van der Waals surface area contributed by atoms with Crippen LogP contribution in [-0.2, 0) is 11.2 Å². The Morgan fingerprint density at radius 3 is 2.64 bits per heavy atom. The van der Waals surface area contributed by atoms with Gasteiger partial charge in [-0.05, 0) is 52.9 Å². The fraction of sp³-hybridized carbons (Fsp3) is 0.222. The lowest BCUT2D eigenvalue weighted by molar-refractivity contribution is -0.117. The molecule has 0 spiro atoms. The fourth-order valence-corrected chi connectivity index (χ4v) is 2.69. The van der Waals surface area contributed by atoms with Crippen molar-refractivity contribution in [2.75, 3.05) is 0 Å². The number of rotatable bonds is 5. The van der Waals surface area contributed by atoms with Crippen molar-refractivity contribution in [2.45, 2.75) is 26.3 Å². The van der Waals surface area contributed by atoms with Crippen molar-refractivity contribution in [3.05, 3.63) is 63.4 Å². The fourth-order valence-electron chi connectivity index (χ4n) is 2.07. The van der Waals surface area contributed by atoms with Gasteiger partial charge < -0.3 is 5.32 Å². The Morgan fingerprint density at radius 2 is 2.09 bits per heavy atom. The van der Waals surface area contributed by atoms with Crippen molar-refractivity contribution in [3.8, 4) is 6.07 Å². The number of thiophene rings is 1. The largest absolute Gasteiger partial charge is 0.345 e. The Labute approximate surface area is 134 Å². The zero-order valence-electron chi connectivity index (χ0n) is 12.7. The maximum atomic E-state index is 12.2. The highest BCUT2D eigenvalue weighted by Crippen LogP contribution is 2.16. The van der Waals surface area contributed by atoms with E-state index < -0.39 is 0 Å². The van der Waals surface area contributed by atoms with E-state index in [-0.39, 0.29) is 17.5 Å². The maximum absolute atomic E-state index is 12.2. The molecule has 2 rings (SSSR count). The van der Waals surface area contributed by atoms with E-state index in [1.807, 2.05) is 42.0 Å². The van der Waals surface area contributed by atoms with Gasteiger partial charge in [0.05, 0.1) is 6.04 Å². The maximum Gasteiger partial charge on any atom is 0.262 e. The summed E-state index contributed by atoms with van der Waals surface area (Å²) in [6, 6.07) is 11.8. The van der Waals surface area contributed by atoms with E-state index in [9.17, 15) is 10.1 Å². The number of hydrogen-bond donors (Lipinski definition) is 1. The molecule has 1 aromatic heterocycles. The Morgan fingerprint density at radius 1 is 1.36 bits per heavy atom. The number of carbonyl (C=O) groups is 1. The van der Waals surface area contributed by atoms with Gasteiger partial charge >= 0.3 is 0 Å². The average Bonchev–Trinajstić information content (AvgIpc) is 3.05. The van der Waals surface area contributed by atoms with E-state index >= 15 is 0 Å². The van der Waals surface area contributed by atoms with Crippen molar-refractivity contribution in [3.63, 3.8) is 0 Å². The lowest BCUT2D eigenvalue weighted by Crippen LogP contribution is -2.27. The van der Waals surface area contributed by atoms with E-state index in [0.29, 0.717) is 0 Å². The summed E-state index contributed by atoms with van der Waals surface area (Å²) < 4.78 is 0. The molecule has 0 aliphatic rings. The van der Waals surface area contributed by atoms with Crippen LogP contribution in [0, 0.1) is 11.3 Å². The zero-order valence-corrected chi connectivity index (χ0v) is 13.5. The molecule has 1 amide bonds. The standard InChI is InChI=1S/C18H18N2OS/c1-3-14-4-6-16(7-5-14)13(2)20-18(21)17(11-19)10-15-8-9-22-12-15/h4-10,12-13H,3H2,1-2H3,(H,20,21)/b17-10+/t13-/m1/s1. The van der Waals surface area contributed by atoms with Crippen LogP contribution in [0.3, 0.4) is 0 Å². The Hall–Kier alpha value is -2.38. The molecule has 3 nitrogen and oxygen atoms in total. The molecule has 1 heterocycles. The highest BCUT2D eigenvalue weighted by molar-refractivity contribution is 7.08. The molecule has 0 aliphatic heterocycles. The second-order valence-electron chi connectivity index (χ2n) is 5.02. The Kier molecular flexibility index (Phi) is 5.51. The normalized spacial score (nSPS) is 12.5. The minimum Gasteiger partial charge on any atom is -0.345 e. The topological polar surface area (TPSA) is 52.9 Å². The van der Waals surface area contributed by atoms with Crippen molar-refractivity contribution in [2.24, 2.45) is 0 Å². The van der Waals surface area contributed by atoms with E-state index in [0.717, 1.165) is 17.5 Å². The van der Waals surface area contributed by atoms with Gasteiger partial charge in [0.15, 0.2) is 0 Å². The van der Waals surface area contributed by atoms with Gasteiger partial charge in [-0.3, -0.25) is 4.79 Å². The number of aryl methyl sites for hydroxylation is 1. The number of nitriles is 1. The number of nitrogens with zero attached hydrogens (tertiary/aromatic N) is 1. The highest BCUT2D eigenvalue weighted by atomic mass is 32.1. The molecule has 112 valence electrons. The van der Waals surface area contributed by atoms with E-state index in [1.54, 1.807) is 6.08 Å². The Balaban J connectivity index is 2.07. The molecule has 0 saturated carbocycles. The first-order valence-electron chi connectivity index (χ1n) is 7.17. The summed E-state index contributed by atoms with van der Waals surface area (Å²) in [5.74, 6) is -0.347. The predicted octanol–water partition coefficient (Wildman–Crippen LogP) is 4.09. The summed E-state index contributed by atoms with van der Waals surface area (Å²) in [5.41, 5.74) is 3.28. The van der Waals surface area contributed by atoms with Crippen LogP contribution < -0.4 is 5.32 Å². The molecule has 4 heteroatoms. The van der Waals surface area contributed by atoms with Crippen molar-refractivity contribution >= 4 is 23.3 Å². The van der Waals surface area contributed by atoms with Gasteiger partial charge in [-0.25, -0.2) is 0 Å². The van der Waals surface area contributed by atoms with Crippen molar-refractivity contribution < 1.29 is 4.79 Å². The lowest BCUT2D eigenvalue weighted by atomic mass is 10.0. The third kappa shape index (κ3) is 4.06. The van der Waals surface area contributed by atoms with Gasteiger partial charge in [0.1, 0.15) is 11.6 Å². The first-order valence-corrected chi connectivity index (χ1v) is 8.12.